The van der Waals surface area contributed by atoms with Gasteiger partial charge in [0.05, 0.1) is 15.4 Å². The molecule has 20 heavy (non-hydrogen) atoms. The Morgan fingerprint density at radius 3 is 2.20 bits per heavy atom. The zero-order valence-electron chi connectivity index (χ0n) is 12.4. The van der Waals surface area contributed by atoms with Crippen molar-refractivity contribution in [3.8, 4) is 0 Å². The molecule has 0 atom stereocenters. The van der Waals surface area contributed by atoms with Crippen molar-refractivity contribution in [2.75, 3.05) is 0 Å². The standard InChI is InChI=1S/C14H22N2O2S2/c1-5-14(6-2,13(15)19)16-20(17,18)12-8-7-10(3)11(4)9-12/h7-9,16H,5-6H2,1-4H3,(H2,15,19). The molecule has 4 nitrogen and oxygen atoms in total. The van der Waals surface area contributed by atoms with Gasteiger partial charge in [-0.1, -0.05) is 32.1 Å². The minimum atomic E-state index is -3.64. The monoisotopic (exact) mass is 314 g/mol. The topological polar surface area (TPSA) is 72.2 Å². The van der Waals surface area contributed by atoms with Crippen LogP contribution >= 0.6 is 12.2 Å². The molecule has 0 radical (unpaired) electrons. The second-order valence-corrected chi connectivity index (χ2v) is 7.13. The summed E-state index contributed by atoms with van der Waals surface area (Å²) in [6.07, 6.45) is 1.03. The number of rotatable bonds is 6. The Kier molecular flexibility index (Phi) is 5.29. The van der Waals surface area contributed by atoms with Gasteiger partial charge in [-0.2, -0.15) is 4.72 Å². The van der Waals surface area contributed by atoms with Crippen LogP contribution in [0.2, 0.25) is 0 Å². The van der Waals surface area contributed by atoms with E-state index < -0.39 is 15.6 Å². The van der Waals surface area contributed by atoms with E-state index in [1.807, 2.05) is 27.7 Å². The third-order valence-corrected chi connectivity index (χ3v) is 5.72. The van der Waals surface area contributed by atoms with Crippen LogP contribution in [0, 0.1) is 13.8 Å². The van der Waals surface area contributed by atoms with Crippen LogP contribution < -0.4 is 10.5 Å². The second kappa shape index (κ2) is 6.20. The van der Waals surface area contributed by atoms with E-state index in [1.165, 1.54) is 0 Å². The summed E-state index contributed by atoms with van der Waals surface area (Å²) in [5.41, 5.74) is 6.85. The third kappa shape index (κ3) is 3.37. The Hall–Kier alpha value is -0.980. The van der Waals surface area contributed by atoms with Gasteiger partial charge in [0.2, 0.25) is 10.0 Å². The summed E-state index contributed by atoms with van der Waals surface area (Å²) in [5.74, 6) is 0. The maximum absolute atomic E-state index is 12.5. The zero-order valence-corrected chi connectivity index (χ0v) is 14.0. The molecule has 3 N–H and O–H groups in total. The first-order valence-corrected chi connectivity index (χ1v) is 8.49. The lowest BCUT2D eigenvalue weighted by Crippen LogP contribution is -2.55. The summed E-state index contributed by atoms with van der Waals surface area (Å²) in [6.45, 7) is 7.56. The summed E-state index contributed by atoms with van der Waals surface area (Å²) in [7, 11) is -3.64. The van der Waals surface area contributed by atoms with Crippen LogP contribution in [-0.2, 0) is 10.0 Å². The minimum absolute atomic E-state index is 0.176. The molecule has 1 rings (SSSR count). The molecule has 0 spiro atoms. The molecule has 1 aromatic rings. The van der Waals surface area contributed by atoms with Gasteiger partial charge in [-0.05, 0) is 49.9 Å². The van der Waals surface area contributed by atoms with Gasteiger partial charge in [0.25, 0.3) is 0 Å². The molecule has 0 heterocycles. The number of hydrogen-bond donors (Lipinski definition) is 2. The minimum Gasteiger partial charge on any atom is -0.392 e. The van der Waals surface area contributed by atoms with E-state index in [0.29, 0.717) is 12.8 Å². The predicted molar refractivity (Wildman–Crippen MR) is 86.3 cm³/mol. The van der Waals surface area contributed by atoms with E-state index in [-0.39, 0.29) is 9.88 Å². The summed E-state index contributed by atoms with van der Waals surface area (Å²) in [6, 6.07) is 5.05. The summed E-state index contributed by atoms with van der Waals surface area (Å²) >= 11 is 5.04. The summed E-state index contributed by atoms with van der Waals surface area (Å²) in [5, 5.41) is 0. The molecule has 112 valence electrons. The van der Waals surface area contributed by atoms with E-state index in [2.05, 4.69) is 4.72 Å². The van der Waals surface area contributed by atoms with Crippen molar-refractivity contribution in [2.24, 2.45) is 5.73 Å². The number of aryl methyl sites for hydroxylation is 2. The molecule has 0 bridgehead atoms. The number of benzene rings is 1. The Morgan fingerprint density at radius 2 is 1.80 bits per heavy atom. The molecule has 0 amide bonds. The number of thiocarbonyl (C=S) groups is 1. The SMILES string of the molecule is CCC(CC)(NS(=O)(=O)c1ccc(C)c(C)c1)C(N)=S. The molecule has 0 saturated carbocycles. The van der Waals surface area contributed by atoms with Crippen LogP contribution in [0.1, 0.15) is 37.8 Å². The van der Waals surface area contributed by atoms with Gasteiger partial charge in [-0.25, -0.2) is 8.42 Å². The van der Waals surface area contributed by atoms with Crippen molar-refractivity contribution in [1.29, 1.82) is 0 Å². The van der Waals surface area contributed by atoms with Gasteiger partial charge in [-0.3, -0.25) is 0 Å². The Labute approximate surface area is 126 Å². The zero-order chi connectivity index (χ0) is 15.6. The van der Waals surface area contributed by atoms with Gasteiger partial charge >= 0.3 is 0 Å². The smallest absolute Gasteiger partial charge is 0.241 e. The maximum atomic E-state index is 12.5. The third-order valence-electron chi connectivity index (χ3n) is 3.80. The largest absolute Gasteiger partial charge is 0.392 e. The lowest BCUT2D eigenvalue weighted by Gasteiger charge is -2.31. The molecule has 0 aliphatic carbocycles. The van der Waals surface area contributed by atoms with Crippen LogP contribution in [0.4, 0.5) is 0 Å². The Balaban J connectivity index is 3.23. The quantitative estimate of drug-likeness (QED) is 0.791. The van der Waals surface area contributed by atoms with E-state index in [0.717, 1.165) is 11.1 Å². The van der Waals surface area contributed by atoms with Gasteiger partial charge < -0.3 is 5.73 Å². The van der Waals surface area contributed by atoms with E-state index in [9.17, 15) is 8.42 Å². The fourth-order valence-corrected chi connectivity index (χ4v) is 4.00. The Bertz CT molecular complexity index is 606. The fraction of sp³-hybridized carbons (Fsp3) is 0.500. The summed E-state index contributed by atoms with van der Waals surface area (Å²) in [4.78, 5) is 0.415. The normalized spacial score (nSPS) is 12.4. The highest BCUT2D eigenvalue weighted by Crippen LogP contribution is 2.21. The van der Waals surface area contributed by atoms with Crippen molar-refractivity contribution < 1.29 is 8.42 Å². The molecule has 0 fully saturated rings. The number of sulfonamides is 1. The van der Waals surface area contributed by atoms with Crippen molar-refractivity contribution in [1.82, 2.24) is 4.72 Å². The van der Waals surface area contributed by atoms with Crippen molar-refractivity contribution >= 4 is 27.2 Å². The second-order valence-electron chi connectivity index (χ2n) is 5.01. The molecule has 0 aliphatic rings. The highest BCUT2D eigenvalue weighted by molar-refractivity contribution is 7.89. The number of hydrogen-bond acceptors (Lipinski definition) is 3. The highest BCUT2D eigenvalue weighted by atomic mass is 32.2. The van der Waals surface area contributed by atoms with Crippen molar-refractivity contribution in [3.05, 3.63) is 29.3 Å². The van der Waals surface area contributed by atoms with Gasteiger partial charge in [0.15, 0.2) is 0 Å². The molecular formula is C14H22N2O2S2. The molecule has 0 aromatic heterocycles. The molecule has 1 aromatic carbocycles. The van der Waals surface area contributed by atoms with Crippen LogP contribution in [0.15, 0.2) is 23.1 Å². The van der Waals surface area contributed by atoms with Crippen LogP contribution in [0.5, 0.6) is 0 Å². The average molecular weight is 314 g/mol. The van der Waals surface area contributed by atoms with Crippen molar-refractivity contribution in [3.63, 3.8) is 0 Å². The van der Waals surface area contributed by atoms with Gasteiger partial charge in [0.1, 0.15) is 0 Å². The highest BCUT2D eigenvalue weighted by Gasteiger charge is 2.34. The van der Waals surface area contributed by atoms with E-state index >= 15 is 0 Å². The van der Waals surface area contributed by atoms with E-state index in [4.69, 9.17) is 18.0 Å². The van der Waals surface area contributed by atoms with Crippen LogP contribution in [0.3, 0.4) is 0 Å². The Morgan fingerprint density at radius 1 is 1.25 bits per heavy atom. The number of nitrogens with two attached hydrogens (primary N) is 1. The predicted octanol–water partition coefficient (Wildman–Crippen LogP) is 2.43. The first-order chi connectivity index (χ1) is 9.18. The van der Waals surface area contributed by atoms with Gasteiger partial charge in [-0.15, -0.1) is 0 Å². The summed E-state index contributed by atoms with van der Waals surface area (Å²) < 4.78 is 27.7. The molecule has 6 heteroatoms. The van der Waals surface area contributed by atoms with Gasteiger partial charge in [0, 0.05) is 0 Å². The van der Waals surface area contributed by atoms with E-state index in [1.54, 1.807) is 18.2 Å². The van der Waals surface area contributed by atoms with Crippen LogP contribution in [0.25, 0.3) is 0 Å². The molecule has 0 aliphatic heterocycles. The van der Waals surface area contributed by atoms with Crippen molar-refractivity contribution in [2.45, 2.75) is 51.0 Å². The van der Waals surface area contributed by atoms with Crippen LogP contribution in [-0.4, -0.2) is 18.9 Å². The average Bonchev–Trinajstić information content (AvgIpc) is 2.38. The maximum Gasteiger partial charge on any atom is 0.241 e. The first kappa shape index (κ1) is 17.1. The fourth-order valence-electron chi connectivity index (χ4n) is 1.99. The lowest BCUT2D eigenvalue weighted by molar-refractivity contribution is 0.465. The number of nitrogens with one attached hydrogen (secondary N) is 1. The first-order valence-electron chi connectivity index (χ1n) is 6.59. The lowest BCUT2D eigenvalue weighted by atomic mass is 9.94. The molecule has 0 unspecified atom stereocenters. The molecular weight excluding hydrogens is 292 g/mol. The molecule has 0 saturated heterocycles.